The molecule has 0 spiro atoms. The van der Waals surface area contributed by atoms with Gasteiger partial charge in [0.25, 0.3) is 10.2 Å². The zero-order valence-corrected chi connectivity index (χ0v) is 15.0. The number of piperidine rings is 1. The average Bonchev–Trinajstić information content (AvgIpc) is 2.50. The van der Waals surface area contributed by atoms with Gasteiger partial charge in [-0.05, 0) is 38.3 Å². The lowest BCUT2D eigenvalue weighted by Crippen LogP contribution is -2.46. The summed E-state index contributed by atoms with van der Waals surface area (Å²) in [5.41, 5.74) is 3.01. The van der Waals surface area contributed by atoms with Gasteiger partial charge >= 0.3 is 0 Å². The summed E-state index contributed by atoms with van der Waals surface area (Å²) in [7, 11) is -0.340. The highest BCUT2D eigenvalue weighted by atomic mass is 32.2. The Morgan fingerprint density at radius 3 is 2.35 bits per heavy atom. The monoisotopic (exact) mass is 339 g/mol. The second kappa shape index (κ2) is 6.98. The molecule has 1 fully saturated rings. The number of hydrogen-bond donors (Lipinski definition) is 1. The fourth-order valence-electron chi connectivity index (χ4n) is 2.77. The minimum atomic E-state index is -3.38. The van der Waals surface area contributed by atoms with Crippen LogP contribution in [0.2, 0.25) is 0 Å². The molecule has 0 saturated carbocycles. The fraction of sp³-hybridized carbons (Fsp3) is 0.562. The molecule has 0 aromatic heterocycles. The summed E-state index contributed by atoms with van der Waals surface area (Å²) in [5.74, 6) is -0.178. The molecule has 0 unspecified atom stereocenters. The fourth-order valence-corrected chi connectivity index (χ4v) is 3.90. The Kier molecular flexibility index (Phi) is 5.44. The third-order valence-corrected chi connectivity index (χ3v) is 6.19. The minimum absolute atomic E-state index is 0.0288. The Morgan fingerprint density at radius 2 is 1.83 bits per heavy atom. The van der Waals surface area contributed by atoms with E-state index in [2.05, 4.69) is 5.32 Å². The highest BCUT2D eigenvalue weighted by Gasteiger charge is 2.32. The maximum atomic E-state index is 12.4. The van der Waals surface area contributed by atoms with E-state index in [0.717, 1.165) is 16.8 Å². The number of anilines is 1. The summed E-state index contributed by atoms with van der Waals surface area (Å²) in [5, 5.41) is 2.97. The first kappa shape index (κ1) is 17.9. The Bertz CT molecular complexity index is 678. The van der Waals surface area contributed by atoms with Crippen molar-refractivity contribution in [1.29, 1.82) is 0 Å². The summed E-state index contributed by atoms with van der Waals surface area (Å²) in [6.07, 6.45) is 1.09. The van der Waals surface area contributed by atoms with Gasteiger partial charge in [-0.2, -0.15) is 17.0 Å². The molecular formula is C16H25N3O3S. The number of benzene rings is 1. The lowest BCUT2D eigenvalue weighted by Gasteiger charge is -2.32. The average molecular weight is 339 g/mol. The molecule has 6 nitrogen and oxygen atoms in total. The molecule has 7 heteroatoms. The van der Waals surface area contributed by atoms with Crippen LogP contribution < -0.4 is 5.32 Å². The van der Waals surface area contributed by atoms with Crippen molar-refractivity contribution < 1.29 is 13.2 Å². The molecule has 1 aromatic carbocycles. The van der Waals surface area contributed by atoms with Gasteiger partial charge in [0, 0.05) is 38.8 Å². The van der Waals surface area contributed by atoms with Gasteiger partial charge in [-0.25, -0.2) is 0 Å². The van der Waals surface area contributed by atoms with Crippen LogP contribution in [0.4, 0.5) is 5.69 Å². The van der Waals surface area contributed by atoms with E-state index in [-0.39, 0.29) is 11.8 Å². The third kappa shape index (κ3) is 4.10. The van der Waals surface area contributed by atoms with E-state index in [0.29, 0.717) is 25.9 Å². The summed E-state index contributed by atoms with van der Waals surface area (Å²) >= 11 is 0. The van der Waals surface area contributed by atoms with E-state index in [1.54, 1.807) is 0 Å². The molecule has 23 heavy (non-hydrogen) atoms. The van der Waals surface area contributed by atoms with Crippen LogP contribution in [0.25, 0.3) is 0 Å². The highest BCUT2D eigenvalue weighted by molar-refractivity contribution is 7.86. The first-order valence-corrected chi connectivity index (χ1v) is 9.17. The van der Waals surface area contributed by atoms with Crippen LogP contribution in [-0.4, -0.2) is 50.1 Å². The van der Waals surface area contributed by atoms with Crippen LogP contribution in [0.1, 0.15) is 24.0 Å². The van der Waals surface area contributed by atoms with Gasteiger partial charge in [0.1, 0.15) is 0 Å². The molecule has 1 aliphatic rings. The highest BCUT2D eigenvalue weighted by Crippen LogP contribution is 2.23. The van der Waals surface area contributed by atoms with Crippen molar-refractivity contribution in [2.24, 2.45) is 5.92 Å². The second-order valence-electron chi connectivity index (χ2n) is 6.27. The number of hydrogen-bond acceptors (Lipinski definition) is 3. The number of carbonyl (C=O) groups is 1. The first-order chi connectivity index (χ1) is 10.7. The standard InChI is InChI=1S/C16H25N3O3S/c1-12-5-6-15(13(2)11-12)17-16(20)14-7-9-19(10-8-14)23(21,22)18(3)4/h5-6,11,14H,7-10H2,1-4H3,(H,17,20). The van der Waals surface area contributed by atoms with Gasteiger partial charge in [-0.1, -0.05) is 17.7 Å². The number of carbonyl (C=O) groups excluding carboxylic acids is 1. The molecule has 2 rings (SSSR count). The molecule has 1 heterocycles. The van der Waals surface area contributed by atoms with Gasteiger partial charge in [0.15, 0.2) is 0 Å². The van der Waals surface area contributed by atoms with Crippen LogP contribution in [-0.2, 0) is 15.0 Å². The normalized spacial score (nSPS) is 17.4. The molecule has 128 valence electrons. The number of nitrogens with zero attached hydrogens (tertiary/aromatic N) is 2. The Hall–Kier alpha value is -1.44. The largest absolute Gasteiger partial charge is 0.326 e. The molecule has 1 aliphatic heterocycles. The van der Waals surface area contributed by atoms with E-state index in [9.17, 15) is 13.2 Å². The minimum Gasteiger partial charge on any atom is -0.326 e. The number of aryl methyl sites for hydroxylation is 2. The van der Waals surface area contributed by atoms with Crippen molar-refractivity contribution >= 4 is 21.8 Å². The first-order valence-electron chi connectivity index (χ1n) is 7.77. The molecule has 0 bridgehead atoms. The smallest absolute Gasteiger partial charge is 0.281 e. The quantitative estimate of drug-likeness (QED) is 0.909. The predicted molar refractivity (Wildman–Crippen MR) is 91.4 cm³/mol. The molecule has 1 saturated heterocycles. The van der Waals surface area contributed by atoms with Gasteiger partial charge < -0.3 is 5.32 Å². The Balaban J connectivity index is 1.96. The van der Waals surface area contributed by atoms with Crippen LogP contribution in [0.15, 0.2) is 18.2 Å². The number of rotatable bonds is 4. The van der Waals surface area contributed by atoms with Gasteiger partial charge in [0.2, 0.25) is 5.91 Å². The molecule has 0 atom stereocenters. The Morgan fingerprint density at radius 1 is 1.22 bits per heavy atom. The topological polar surface area (TPSA) is 69.7 Å². The summed E-state index contributed by atoms with van der Waals surface area (Å²) in [6, 6.07) is 5.91. The lowest BCUT2D eigenvalue weighted by atomic mass is 9.97. The maximum absolute atomic E-state index is 12.4. The van der Waals surface area contributed by atoms with Crippen molar-refractivity contribution in [3.05, 3.63) is 29.3 Å². The van der Waals surface area contributed by atoms with E-state index in [1.807, 2.05) is 32.0 Å². The van der Waals surface area contributed by atoms with Crippen LogP contribution >= 0.6 is 0 Å². The summed E-state index contributed by atoms with van der Waals surface area (Å²) < 4.78 is 26.8. The van der Waals surface area contributed by atoms with Gasteiger partial charge in [0.05, 0.1) is 0 Å². The van der Waals surface area contributed by atoms with Crippen molar-refractivity contribution in [2.75, 3.05) is 32.5 Å². The van der Waals surface area contributed by atoms with Gasteiger partial charge in [-0.15, -0.1) is 0 Å². The number of nitrogens with one attached hydrogen (secondary N) is 1. The van der Waals surface area contributed by atoms with Crippen molar-refractivity contribution in [1.82, 2.24) is 8.61 Å². The molecule has 1 amide bonds. The van der Waals surface area contributed by atoms with Crippen molar-refractivity contribution in [3.8, 4) is 0 Å². The van der Waals surface area contributed by atoms with Crippen LogP contribution in [0.3, 0.4) is 0 Å². The SMILES string of the molecule is Cc1ccc(NC(=O)C2CCN(S(=O)(=O)N(C)C)CC2)c(C)c1. The number of amides is 1. The predicted octanol–water partition coefficient (Wildman–Crippen LogP) is 1.76. The molecule has 0 radical (unpaired) electrons. The van der Waals surface area contributed by atoms with Crippen LogP contribution in [0.5, 0.6) is 0 Å². The van der Waals surface area contributed by atoms with Crippen LogP contribution in [0, 0.1) is 19.8 Å². The molecule has 0 aliphatic carbocycles. The molecule has 1 aromatic rings. The van der Waals surface area contributed by atoms with E-state index >= 15 is 0 Å². The van der Waals surface area contributed by atoms with Gasteiger partial charge in [-0.3, -0.25) is 4.79 Å². The summed E-state index contributed by atoms with van der Waals surface area (Å²) in [6.45, 7) is 4.74. The Labute approximate surface area is 138 Å². The third-order valence-electron chi connectivity index (χ3n) is 4.25. The van der Waals surface area contributed by atoms with Crippen molar-refractivity contribution in [3.63, 3.8) is 0 Å². The summed E-state index contributed by atoms with van der Waals surface area (Å²) in [4.78, 5) is 12.4. The van der Waals surface area contributed by atoms with E-state index in [4.69, 9.17) is 0 Å². The van der Waals surface area contributed by atoms with E-state index < -0.39 is 10.2 Å². The zero-order valence-electron chi connectivity index (χ0n) is 14.2. The lowest BCUT2D eigenvalue weighted by molar-refractivity contribution is -0.120. The van der Waals surface area contributed by atoms with E-state index in [1.165, 1.54) is 22.7 Å². The maximum Gasteiger partial charge on any atom is 0.281 e. The molecular weight excluding hydrogens is 314 g/mol. The second-order valence-corrected chi connectivity index (χ2v) is 8.41. The zero-order chi connectivity index (χ0) is 17.2. The molecule has 1 N–H and O–H groups in total. The van der Waals surface area contributed by atoms with Crippen molar-refractivity contribution in [2.45, 2.75) is 26.7 Å².